The Morgan fingerprint density at radius 1 is 1.17 bits per heavy atom. The molecule has 0 saturated carbocycles. The van der Waals surface area contributed by atoms with Gasteiger partial charge in [0.05, 0.1) is 16.9 Å². The molecule has 0 radical (unpaired) electrons. The van der Waals surface area contributed by atoms with E-state index in [-0.39, 0.29) is 22.5 Å². The molecule has 2 rings (SSSR count). The molecule has 0 bridgehead atoms. The number of hydrogen-bond acceptors (Lipinski definition) is 7. The number of carbonyl (C=O) groups excluding carboxylic acids is 1. The maximum atomic E-state index is 10.5. The summed E-state index contributed by atoms with van der Waals surface area (Å²) in [5, 5.41) is 19.8. The molecular formula is C14H13NO8S. The van der Waals surface area contributed by atoms with E-state index in [0.717, 1.165) is 6.07 Å². The van der Waals surface area contributed by atoms with E-state index in [4.69, 9.17) is 9.29 Å². The summed E-state index contributed by atoms with van der Waals surface area (Å²) in [4.78, 5) is 20.1. The van der Waals surface area contributed by atoms with Gasteiger partial charge in [-0.3, -0.25) is 19.5 Å². The lowest BCUT2D eigenvalue weighted by atomic mass is 10.1. The van der Waals surface area contributed by atoms with Crippen molar-refractivity contribution in [2.24, 2.45) is 0 Å². The van der Waals surface area contributed by atoms with Crippen LogP contribution in [0.4, 0.5) is 5.69 Å². The number of benzene rings is 2. The van der Waals surface area contributed by atoms with Crippen LogP contribution in [0.1, 0.15) is 10.4 Å². The summed E-state index contributed by atoms with van der Waals surface area (Å²) in [5.41, 5.74) is -0.826. The van der Waals surface area contributed by atoms with Crippen LogP contribution >= 0.6 is 0 Å². The standard InChI is InChI=1S/C8H7NO5.C6H6O3S/c1-14-7-3-2-6(9(12)13)5(4-10)8(7)11;7-10(8,9)6-4-2-1-3-5-6/h2-4,11H,1H3;1-5H,(H,7,8,9). The van der Waals surface area contributed by atoms with Gasteiger partial charge in [-0.05, 0) is 18.2 Å². The van der Waals surface area contributed by atoms with Gasteiger partial charge in [-0.15, -0.1) is 0 Å². The third-order valence-electron chi connectivity index (χ3n) is 2.73. The zero-order valence-electron chi connectivity index (χ0n) is 12.3. The quantitative estimate of drug-likeness (QED) is 0.367. The van der Waals surface area contributed by atoms with Crippen molar-refractivity contribution in [3.63, 3.8) is 0 Å². The Morgan fingerprint density at radius 3 is 2.12 bits per heavy atom. The highest BCUT2D eigenvalue weighted by Crippen LogP contribution is 2.34. The molecule has 2 aromatic rings. The molecule has 0 heterocycles. The van der Waals surface area contributed by atoms with Crippen molar-refractivity contribution in [2.45, 2.75) is 4.90 Å². The minimum Gasteiger partial charge on any atom is -0.504 e. The van der Waals surface area contributed by atoms with Gasteiger partial charge < -0.3 is 9.84 Å². The van der Waals surface area contributed by atoms with Crippen molar-refractivity contribution in [2.75, 3.05) is 7.11 Å². The largest absolute Gasteiger partial charge is 0.504 e. The number of nitro benzene ring substituents is 1. The van der Waals surface area contributed by atoms with Crippen LogP contribution in [0.5, 0.6) is 11.5 Å². The van der Waals surface area contributed by atoms with Crippen LogP contribution in [0.2, 0.25) is 0 Å². The smallest absolute Gasteiger partial charge is 0.294 e. The van der Waals surface area contributed by atoms with E-state index in [1.54, 1.807) is 18.2 Å². The summed E-state index contributed by atoms with van der Waals surface area (Å²) < 4.78 is 33.9. The van der Waals surface area contributed by atoms with E-state index >= 15 is 0 Å². The molecule has 0 spiro atoms. The van der Waals surface area contributed by atoms with Crippen LogP contribution in [0, 0.1) is 10.1 Å². The molecule has 24 heavy (non-hydrogen) atoms. The second-order valence-electron chi connectivity index (χ2n) is 4.21. The number of nitro groups is 1. The van der Waals surface area contributed by atoms with Crippen LogP contribution in [-0.2, 0) is 10.1 Å². The fourth-order valence-corrected chi connectivity index (χ4v) is 2.11. The average molecular weight is 355 g/mol. The van der Waals surface area contributed by atoms with Gasteiger partial charge in [-0.1, -0.05) is 18.2 Å². The lowest BCUT2D eigenvalue weighted by Crippen LogP contribution is -1.96. The van der Waals surface area contributed by atoms with Crippen molar-refractivity contribution in [1.29, 1.82) is 0 Å². The Labute approximate surface area is 137 Å². The number of methoxy groups -OCH3 is 1. The van der Waals surface area contributed by atoms with Gasteiger partial charge in [-0.2, -0.15) is 8.42 Å². The van der Waals surface area contributed by atoms with Crippen molar-refractivity contribution in [3.05, 3.63) is 58.1 Å². The number of phenolic OH excluding ortho intramolecular Hbond substituents is 1. The summed E-state index contributed by atoms with van der Waals surface area (Å²) in [5.74, 6) is -0.491. The molecule has 0 aliphatic rings. The van der Waals surface area contributed by atoms with Crippen LogP contribution < -0.4 is 4.74 Å². The molecule has 0 aliphatic heterocycles. The lowest BCUT2D eigenvalue weighted by molar-refractivity contribution is -0.385. The molecule has 10 heteroatoms. The Bertz CT molecular complexity index is 833. The van der Waals surface area contributed by atoms with Crippen molar-refractivity contribution < 1.29 is 32.5 Å². The summed E-state index contributed by atoms with van der Waals surface area (Å²) in [6.45, 7) is 0. The zero-order valence-corrected chi connectivity index (χ0v) is 13.1. The molecule has 0 aliphatic carbocycles. The Kier molecular flexibility index (Phi) is 6.38. The minimum absolute atomic E-state index is 0.0256. The van der Waals surface area contributed by atoms with Gasteiger partial charge in [0.2, 0.25) is 0 Å². The number of hydrogen-bond donors (Lipinski definition) is 2. The second kappa shape index (κ2) is 8.04. The van der Waals surface area contributed by atoms with Gasteiger partial charge in [0.15, 0.2) is 17.8 Å². The summed E-state index contributed by atoms with van der Waals surface area (Å²) in [7, 11) is -2.72. The highest BCUT2D eigenvalue weighted by Gasteiger charge is 2.20. The van der Waals surface area contributed by atoms with Gasteiger partial charge in [-0.25, -0.2) is 0 Å². The van der Waals surface area contributed by atoms with Crippen LogP contribution in [0.15, 0.2) is 47.4 Å². The molecule has 0 fully saturated rings. The number of nitrogens with zero attached hydrogens (tertiary/aromatic N) is 1. The first kappa shape index (κ1) is 19.1. The van der Waals surface area contributed by atoms with E-state index in [1.165, 1.54) is 25.3 Å². The van der Waals surface area contributed by atoms with Crippen molar-refractivity contribution >= 4 is 22.1 Å². The van der Waals surface area contributed by atoms with Crippen LogP contribution in [-0.4, -0.2) is 36.4 Å². The first-order valence-electron chi connectivity index (χ1n) is 6.24. The number of aldehydes is 1. The third-order valence-corrected chi connectivity index (χ3v) is 3.60. The third kappa shape index (κ3) is 4.76. The molecule has 0 aromatic heterocycles. The number of rotatable bonds is 4. The number of carbonyl (C=O) groups is 1. The predicted octanol–water partition coefficient (Wildman–Crippen LogP) is 2.05. The molecule has 2 aromatic carbocycles. The van der Waals surface area contributed by atoms with E-state index in [2.05, 4.69) is 0 Å². The van der Waals surface area contributed by atoms with Crippen LogP contribution in [0.25, 0.3) is 0 Å². The molecule has 9 nitrogen and oxygen atoms in total. The zero-order chi connectivity index (χ0) is 18.3. The predicted molar refractivity (Wildman–Crippen MR) is 83.0 cm³/mol. The average Bonchev–Trinajstić information content (AvgIpc) is 2.55. The Hall–Kier alpha value is -2.98. The topological polar surface area (TPSA) is 144 Å². The van der Waals surface area contributed by atoms with E-state index in [1.807, 2.05) is 0 Å². The second-order valence-corrected chi connectivity index (χ2v) is 5.63. The molecule has 0 atom stereocenters. The normalized spacial score (nSPS) is 10.2. The van der Waals surface area contributed by atoms with Crippen molar-refractivity contribution in [3.8, 4) is 11.5 Å². The number of ether oxygens (including phenoxy) is 1. The first-order chi connectivity index (χ1) is 11.2. The van der Waals surface area contributed by atoms with Gasteiger partial charge in [0.1, 0.15) is 5.56 Å². The Balaban J connectivity index is 0.000000254. The Morgan fingerprint density at radius 2 is 1.75 bits per heavy atom. The van der Waals surface area contributed by atoms with E-state index in [9.17, 15) is 28.4 Å². The highest BCUT2D eigenvalue weighted by molar-refractivity contribution is 7.85. The first-order valence-corrected chi connectivity index (χ1v) is 7.68. The van der Waals surface area contributed by atoms with Gasteiger partial charge in [0, 0.05) is 6.07 Å². The molecule has 0 saturated heterocycles. The molecule has 0 amide bonds. The fourth-order valence-electron chi connectivity index (χ4n) is 1.61. The maximum absolute atomic E-state index is 10.5. The van der Waals surface area contributed by atoms with E-state index in [0.29, 0.717) is 0 Å². The van der Waals surface area contributed by atoms with Crippen molar-refractivity contribution in [1.82, 2.24) is 0 Å². The maximum Gasteiger partial charge on any atom is 0.294 e. The SMILES string of the molecule is COc1ccc([N+](=O)[O-])c(C=O)c1O.O=S(=O)(O)c1ccccc1. The monoisotopic (exact) mass is 355 g/mol. The number of aromatic hydroxyl groups is 1. The lowest BCUT2D eigenvalue weighted by Gasteiger charge is -2.04. The van der Waals surface area contributed by atoms with Crippen LogP contribution in [0.3, 0.4) is 0 Å². The molecular weight excluding hydrogens is 342 g/mol. The van der Waals surface area contributed by atoms with E-state index < -0.39 is 26.5 Å². The number of phenols is 1. The minimum atomic E-state index is -4.00. The van der Waals surface area contributed by atoms with Gasteiger partial charge >= 0.3 is 0 Å². The molecule has 128 valence electrons. The van der Waals surface area contributed by atoms with Gasteiger partial charge in [0.25, 0.3) is 15.8 Å². The summed E-state index contributed by atoms with van der Waals surface area (Å²) in [6.07, 6.45) is 0.218. The summed E-state index contributed by atoms with van der Waals surface area (Å²) >= 11 is 0. The fraction of sp³-hybridized carbons (Fsp3) is 0.0714. The highest BCUT2D eigenvalue weighted by atomic mass is 32.2. The molecule has 2 N–H and O–H groups in total. The summed E-state index contributed by atoms with van der Waals surface area (Å²) in [6, 6.07) is 9.74. The molecule has 0 unspecified atom stereocenters.